The zero-order valence-corrected chi connectivity index (χ0v) is 16.6. The van der Waals surface area contributed by atoms with E-state index in [2.05, 4.69) is 10.6 Å². The van der Waals surface area contributed by atoms with Gasteiger partial charge in [0.05, 0.1) is 7.11 Å². The van der Waals surface area contributed by atoms with Gasteiger partial charge < -0.3 is 23.9 Å². The van der Waals surface area contributed by atoms with Crippen molar-refractivity contribution >= 4 is 23.6 Å². The van der Waals surface area contributed by atoms with Gasteiger partial charge in [0.2, 0.25) is 5.76 Å². The van der Waals surface area contributed by atoms with Crippen LogP contribution in [0.4, 0.5) is 10.5 Å². The summed E-state index contributed by atoms with van der Waals surface area (Å²) in [6.07, 6.45) is 0. The van der Waals surface area contributed by atoms with Gasteiger partial charge in [-0.05, 0) is 48.5 Å². The highest BCUT2D eigenvalue weighted by molar-refractivity contribution is 6.02. The van der Waals surface area contributed by atoms with Gasteiger partial charge in [-0.2, -0.15) is 0 Å². The molecule has 3 aromatic rings. The van der Waals surface area contributed by atoms with E-state index in [1.807, 2.05) is 18.2 Å². The number of carbonyl (C=O) groups is 3. The lowest BCUT2D eigenvalue weighted by Crippen LogP contribution is -2.37. The second kappa shape index (κ2) is 10.5. The van der Waals surface area contributed by atoms with Gasteiger partial charge in [-0.15, -0.1) is 0 Å². The normalized spacial score (nSPS) is 10.1. The Labute approximate surface area is 177 Å². The first kappa shape index (κ1) is 21.4. The number of ether oxygens (including phenoxy) is 3. The Morgan fingerprint density at radius 2 is 1.65 bits per heavy atom. The summed E-state index contributed by atoms with van der Waals surface area (Å²) in [6, 6.07) is 17.9. The number of amides is 3. The summed E-state index contributed by atoms with van der Waals surface area (Å²) in [5, 5.41) is 4.53. The van der Waals surface area contributed by atoms with Crippen LogP contribution in [0.3, 0.4) is 0 Å². The van der Waals surface area contributed by atoms with E-state index in [-0.39, 0.29) is 12.4 Å². The zero-order valence-electron chi connectivity index (χ0n) is 16.6. The third-order valence-electron chi connectivity index (χ3n) is 3.92. The molecule has 0 aliphatic heterocycles. The molecule has 3 amide bonds. The van der Waals surface area contributed by atoms with E-state index in [0.717, 1.165) is 0 Å². The van der Waals surface area contributed by atoms with Crippen LogP contribution in [0.25, 0.3) is 0 Å². The number of hydrogen-bond acceptors (Lipinski definition) is 7. The van der Waals surface area contributed by atoms with Gasteiger partial charge in [0, 0.05) is 5.69 Å². The predicted octanol–water partition coefficient (Wildman–Crippen LogP) is 3.37. The molecule has 31 heavy (non-hydrogen) atoms. The minimum atomic E-state index is -0.836. The van der Waals surface area contributed by atoms with Crippen LogP contribution in [0.2, 0.25) is 0 Å². The Bertz CT molecular complexity index is 1030. The number of rotatable bonds is 8. The molecular weight excluding hydrogens is 404 g/mol. The van der Waals surface area contributed by atoms with Crippen molar-refractivity contribution in [3.63, 3.8) is 0 Å². The number of esters is 1. The molecule has 0 atom stereocenters. The van der Waals surface area contributed by atoms with Crippen LogP contribution in [-0.4, -0.2) is 31.6 Å². The lowest BCUT2D eigenvalue weighted by Gasteiger charge is -2.07. The van der Waals surface area contributed by atoms with Gasteiger partial charge in [-0.25, -0.2) is 9.59 Å². The second-order valence-corrected chi connectivity index (χ2v) is 6.17. The first-order chi connectivity index (χ1) is 15.0. The molecular formula is C22H20N2O7. The molecule has 0 saturated heterocycles. The van der Waals surface area contributed by atoms with Crippen LogP contribution >= 0.6 is 0 Å². The summed E-state index contributed by atoms with van der Waals surface area (Å²) in [7, 11) is 1.52. The van der Waals surface area contributed by atoms with Gasteiger partial charge in [-0.3, -0.25) is 10.1 Å². The van der Waals surface area contributed by atoms with Crippen LogP contribution in [0.1, 0.15) is 16.3 Å². The van der Waals surface area contributed by atoms with Gasteiger partial charge in [0.1, 0.15) is 23.9 Å². The van der Waals surface area contributed by atoms with Gasteiger partial charge >= 0.3 is 12.0 Å². The Kier molecular flexibility index (Phi) is 7.26. The maximum absolute atomic E-state index is 12.0. The fourth-order valence-electron chi connectivity index (χ4n) is 2.44. The fourth-order valence-corrected chi connectivity index (χ4v) is 2.44. The number of benzene rings is 2. The highest BCUT2D eigenvalue weighted by Gasteiger charge is 2.16. The Morgan fingerprint density at radius 3 is 2.35 bits per heavy atom. The van der Waals surface area contributed by atoms with E-state index in [1.165, 1.54) is 13.2 Å². The van der Waals surface area contributed by atoms with Gasteiger partial charge in [-0.1, -0.05) is 18.2 Å². The first-order valence-electron chi connectivity index (χ1n) is 9.22. The largest absolute Gasteiger partial charge is 0.497 e. The number of imide groups is 1. The molecule has 2 aromatic carbocycles. The summed E-state index contributed by atoms with van der Waals surface area (Å²) in [6.45, 7) is -0.519. The molecule has 0 unspecified atom stereocenters. The topological polar surface area (TPSA) is 116 Å². The highest BCUT2D eigenvalue weighted by Crippen LogP contribution is 2.15. The summed E-state index contributed by atoms with van der Waals surface area (Å²) in [5.74, 6) is -0.00855. The quantitative estimate of drug-likeness (QED) is 0.533. The average Bonchev–Trinajstić information content (AvgIpc) is 3.26. The lowest BCUT2D eigenvalue weighted by atomic mass is 10.3. The molecule has 0 bridgehead atoms. The second-order valence-electron chi connectivity index (χ2n) is 6.17. The van der Waals surface area contributed by atoms with Crippen molar-refractivity contribution in [3.8, 4) is 11.5 Å². The molecule has 0 fully saturated rings. The third-order valence-corrected chi connectivity index (χ3v) is 3.92. The number of hydrogen-bond donors (Lipinski definition) is 2. The number of carbonyl (C=O) groups excluding carboxylic acids is 3. The van der Waals surface area contributed by atoms with E-state index < -0.39 is 24.5 Å². The van der Waals surface area contributed by atoms with Crippen molar-refractivity contribution in [2.24, 2.45) is 0 Å². The number of furan rings is 1. The monoisotopic (exact) mass is 424 g/mol. The molecule has 0 spiro atoms. The van der Waals surface area contributed by atoms with Crippen LogP contribution in [0.15, 0.2) is 71.1 Å². The minimum Gasteiger partial charge on any atom is -0.497 e. The Morgan fingerprint density at radius 1 is 0.903 bits per heavy atom. The van der Waals surface area contributed by atoms with E-state index >= 15 is 0 Å². The van der Waals surface area contributed by atoms with Crippen molar-refractivity contribution in [2.45, 2.75) is 6.61 Å². The summed E-state index contributed by atoms with van der Waals surface area (Å²) < 4.78 is 20.8. The van der Waals surface area contributed by atoms with E-state index in [1.54, 1.807) is 42.5 Å². The molecule has 0 saturated carbocycles. The number of anilines is 1. The molecule has 2 N–H and O–H groups in total. The maximum atomic E-state index is 12.0. The van der Waals surface area contributed by atoms with Crippen LogP contribution in [0, 0.1) is 0 Å². The molecule has 0 aliphatic rings. The van der Waals surface area contributed by atoms with Crippen molar-refractivity contribution in [3.05, 3.63) is 78.3 Å². The Hall–Kier alpha value is -4.27. The van der Waals surface area contributed by atoms with Crippen LogP contribution in [-0.2, 0) is 16.1 Å². The van der Waals surface area contributed by atoms with Crippen molar-refractivity contribution < 1.29 is 33.0 Å². The summed E-state index contributed by atoms with van der Waals surface area (Å²) in [5.41, 5.74) is 0.462. The van der Waals surface area contributed by atoms with Gasteiger partial charge in [0.15, 0.2) is 6.61 Å². The van der Waals surface area contributed by atoms with Crippen molar-refractivity contribution in [1.82, 2.24) is 5.32 Å². The number of nitrogens with one attached hydrogen (secondary N) is 2. The molecule has 3 rings (SSSR count). The summed E-state index contributed by atoms with van der Waals surface area (Å²) in [4.78, 5) is 35.7. The predicted molar refractivity (Wildman–Crippen MR) is 110 cm³/mol. The maximum Gasteiger partial charge on any atom is 0.374 e. The molecule has 9 nitrogen and oxygen atoms in total. The van der Waals surface area contributed by atoms with Gasteiger partial charge in [0.25, 0.3) is 5.91 Å². The molecule has 0 aliphatic carbocycles. The highest BCUT2D eigenvalue weighted by atomic mass is 16.6. The molecule has 9 heteroatoms. The van der Waals surface area contributed by atoms with Crippen molar-refractivity contribution in [1.29, 1.82) is 0 Å². The molecule has 1 heterocycles. The smallest absolute Gasteiger partial charge is 0.374 e. The molecule has 160 valence electrons. The fraction of sp³-hybridized carbons (Fsp3) is 0.136. The zero-order chi connectivity index (χ0) is 22.1. The average molecular weight is 424 g/mol. The number of urea groups is 1. The Balaban J connectivity index is 1.40. The molecule has 1 aromatic heterocycles. The van der Waals surface area contributed by atoms with E-state index in [9.17, 15) is 14.4 Å². The summed E-state index contributed by atoms with van der Waals surface area (Å²) >= 11 is 0. The first-order valence-corrected chi connectivity index (χ1v) is 9.22. The number of para-hydroxylation sites is 1. The van der Waals surface area contributed by atoms with E-state index in [0.29, 0.717) is 22.9 Å². The minimum absolute atomic E-state index is 0.0813. The van der Waals surface area contributed by atoms with Crippen LogP contribution in [0.5, 0.6) is 11.5 Å². The van der Waals surface area contributed by atoms with Crippen LogP contribution < -0.4 is 20.1 Å². The SMILES string of the molecule is COc1ccc(NC(=O)NC(=O)COC(=O)c2ccc(COc3ccccc3)o2)cc1. The van der Waals surface area contributed by atoms with E-state index in [4.69, 9.17) is 18.6 Å². The number of methoxy groups -OCH3 is 1. The van der Waals surface area contributed by atoms with Crippen molar-refractivity contribution in [2.75, 3.05) is 19.0 Å². The third kappa shape index (κ3) is 6.64. The standard InChI is InChI=1S/C22H20N2O7/c1-28-16-9-7-15(8-10-16)23-22(27)24-20(25)14-30-21(26)19-12-11-18(31-19)13-29-17-5-3-2-4-6-17/h2-12H,13-14H2,1H3,(H2,23,24,25,27). The lowest BCUT2D eigenvalue weighted by molar-refractivity contribution is -0.123. The molecule has 0 radical (unpaired) electrons.